The number of alkyl halides is 4. The maximum Gasteiger partial charge on any atom is 0.426 e. The van der Waals surface area contributed by atoms with Gasteiger partial charge in [0.1, 0.15) is 10.6 Å². The van der Waals surface area contributed by atoms with Gasteiger partial charge in [0.15, 0.2) is 15.6 Å². The summed E-state index contributed by atoms with van der Waals surface area (Å²) in [7, 11) is -4.23. The van der Waals surface area contributed by atoms with Crippen molar-refractivity contribution in [1.29, 1.82) is 0 Å². The van der Waals surface area contributed by atoms with Crippen LogP contribution in [0.2, 0.25) is 0 Å². The highest BCUT2D eigenvalue weighted by atomic mass is 32.2. The third-order valence-electron chi connectivity index (χ3n) is 8.04. The number of sulfone groups is 1. The van der Waals surface area contributed by atoms with Crippen molar-refractivity contribution in [3.05, 3.63) is 65.0 Å². The van der Waals surface area contributed by atoms with Crippen LogP contribution in [0.15, 0.2) is 47.4 Å². The molecule has 1 amide bonds. The van der Waals surface area contributed by atoms with Gasteiger partial charge in [-0.15, -0.1) is 0 Å². The SMILES string of the molecule is CC(=O)NCC(=O)C[C@@H]1CC[C@@]2(S(=O)(=O)c3ccc(F)cc3)c3ccc(C(C)(F)C(F)(F)F)cc3CC[C@@H]12. The van der Waals surface area contributed by atoms with Gasteiger partial charge >= 0.3 is 6.18 Å². The van der Waals surface area contributed by atoms with E-state index >= 15 is 0 Å². The number of amides is 1. The first-order chi connectivity index (χ1) is 17.6. The van der Waals surface area contributed by atoms with Crippen molar-refractivity contribution in [2.24, 2.45) is 11.8 Å². The van der Waals surface area contributed by atoms with E-state index in [0.717, 1.165) is 36.4 Å². The Balaban J connectivity index is 1.82. The molecule has 4 rings (SSSR count). The predicted octanol–water partition coefficient (Wildman–Crippen LogP) is 5.31. The number of rotatable bonds is 7. The van der Waals surface area contributed by atoms with E-state index in [1.807, 2.05) is 0 Å². The van der Waals surface area contributed by atoms with Crippen LogP contribution in [0.3, 0.4) is 0 Å². The molecule has 206 valence electrons. The van der Waals surface area contributed by atoms with Crippen molar-refractivity contribution in [1.82, 2.24) is 5.32 Å². The average molecular weight is 558 g/mol. The molecule has 0 saturated heterocycles. The molecule has 2 aliphatic rings. The molecule has 0 spiro atoms. The summed E-state index contributed by atoms with van der Waals surface area (Å²) in [5.41, 5.74) is -3.65. The molecule has 11 heteroatoms. The van der Waals surface area contributed by atoms with Gasteiger partial charge in [-0.05, 0) is 85.4 Å². The molecule has 0 radical (unpaired) electrons. The first-order valence-electron chi connectivity index (χ1n) is 12.3. The molecular weight excluding hydrogens is 529 g/mol. The second-order valence-electron chi connectivity index (χ2n) is 10.3. The van der Waals surface area contributed by atoms with Crippen molar-refractivity contribution < 1.29 is 40.0 Å². The summed E-state index contributed by atoms with van der Waals surface area (Å²) in [5, 5.41) is 2.44. The van der Waals surface area contributed by atoms with E-state index < -0.39 is 43.7 Å². The summed E-state index contributed by atoms with van der Waals surface area (Å²) in [4.78, 5) is 23.6. The smallest absolute Gasteiger partial charge is 0.349 e. The molecule has 1 fully saturated rings. The van der Waals surface area contributed by atoms with E-state index in [-0.39, 0.29) is 60.3 Å². The summed E-state index contributed by atoms with van der Waals surface area (Å²) in [5.74, 6) is -2.19. The summed E-state index contributed by atoms with van der Waals surface area (Å²) in [6, 6.07) is 7.68. The molecule has 38 heavy (non-hydrogen) atoms. The number of benzene rings is 2. The van der Waals surface area contributed by atoms with E-state index in [1.54, 1.807) is 0 Å². The number of carbonyl (C=O) groups excluding carboxylic acids is 2. The first-order valence-corrected chi connectivity index (χ1v) is 13.8. The lowest BCUT2D eigenvalue weighted by molar-refractivity contribution is -0.228. The van der Waals surface area contributed by atoms with E-state index in [0.29, 0.717) is 18.9 Å². The molecule has 0 aliphatic heterocycles. The van der Waals surface area contributed by atoms with Crippen LogP contribution in [0.4, 0.5) is 22.0 Å². The van der Waals surface area contributed by atoms with E-state index in [9.17, 15) is 40.0 Å². The fraction of sp³-hybridized carbons (Fsp3) is 0.481. The topological polar surface area (TPSA) is 80.3 Å². The number of hydrogen-bond donors (Lipinski definition) is 1. The van der Waals surface area contributed by atoms with Gasteiger partial charge in [-0.1, -0.05) is 18.2 Å². The van der Waals surface area contributed by atoms with E-state index in [2.05, 4.69) is 5.32 Å². The monoisotopic (exact) mass is 557 g/mol. The summed E-state index contributed by atoms with van der Waals surface area (Å²) in [6.45, 7) is 1.51. The fourth-order valence-electron chi connectivity index (χ4n) is 6.08. The van der Waals surface area contributed by atoms with Gasteiger partial charge in [0.25, 0.3) is 0 Å². The van der Waals surface area contributed by atoms with Crippen LogP contribution < -0.4 is 5.32 Å². The Hall–Kier alpha value is -2.82. The number of aryl methyl sites for hydroxylation is 1. The number of nitrogens with one attached hydrogen (secondary N) is 1. The zero-order valence-corrected chi connectivity index (χ0v) is 21.7. The molecule has 1 saturated carbocycles. The van der Waals surface area contributed by atoms with Gasteiger partial charge in [0.05, 0.1) is 11.4 Å². The van der Waals surface area contributed by atoms with Gasteiger partial charge < -0.3 is 5.32 Å². The fourth-order valence-corrected chi connectivity index (χ4v) is 8.58. The highest BCUT2D eigenvalue weighted by Crippen LogP contribution is 2.60. The van der Waals surface area contributed by atoms with Gasteiger partial charge in [0.2, 0.25) is 11.6 Å². The Morgan fingerprint density at radius 1 is 1.05 bits per heavy atom. The minimum atomic E-state index is -5.16. The Morgan fingerprint density at radius 3 is 2.32 bits per heavy atom. The molecule has 5 nitrogen and oxygen atoms in total. The average Bonchev–Trinajstić information content (AvgIpc) is 3.22. The number of fused-ring (bicyclic) bond motifs is 3. The van der Waals surface area contributed by atoms with Crippen LogP contribution >= 0.6 is 0 Å². The second-order valence-corrected chi connectivity index (χ2v) is 12.5. The maximum absolute atomic E-state index is 14.8. The molecule has 0 aromatic heterocycles. The minimum Gasteiger partial charge on any atom is -0.349 e. The lowest BCUT2D eigenvalue weighted by Gasteiger charge is -2.43. The van der Waals surface area contributed by atoms with Gasteiger partial charge in [-0.25, -0.2) is 17.2 Å². The van der Waals surface area contributed by atoms with Crippen molar-refractivity contribution in [2.45, 2.75) is 67.4 Å². The van der Waals surface area contributed by atoms with E-state index in [1.165, 1.54) is 13.0 Å². The molecule has 0 heterocycles. The molecule has 2 aliphatic carbocycles. The lowest BCUT2D eigenvalue weighted by Crippen LogP contribution is -2.45. The quantitative estimate of drug-likeness (QED) is 0.370. The number of hydrogen-bond acceptors (Lipinski definition) is 4. The first kappa shape index (κ1) is 28.2. The second kappa shape index (κ2) is 9.73. The van der Waals surface area contributed by atoms with Crippen molar-refractivity contribution >= 4 is 21.5 Å². The highest BCUT2D eigenvalue weighted by molar-refractivity contribution is 7.92. The zero-order valence-electron chi connectivity index (χ0n) is 20.9. The molecule has 0 bridgehead atoms. The lowest BCUT2D eigenvalue weighted by atomic mass is 9.72. The molecule has 1 unspecified atom stereocenters. The number of halogens is 5. The largest absolute Gasteiger partial charge is 0.426 e. The third kappa shape index (κ3) is 4.63. The van der Waals surface area contributed by atoms with Crippen molar-refractivity contribution in [3.63, 3.8) is 0 Å². The van der Waals surface area contributed by atoms with Crippen molar-refractivity contribution in [3.8, 4) is 0 Å². The summed E-state index contributed by atoms with van der Waals surface area (Å²) in [6.07, 6.45) is -4.24. The minimum absolute atomic E-state index is 0.0235. The van der Waals surface area contributed by atoms with Crippen LogP contribution in [0.5, 0.6) is 0 Å². The van der Waals surface area contributed by atoms with Gasteiger partial charge in [-0.3, -0.25) is 9.59 Å². The Kier molecular flexibility index (Phi) is 7.22. The third-order valence-corrected chi connectivity index (χ3v) is 10.6. The maximum atomic E-state index is 14.8. The number of carbonyl (C=O) groups is 2. The summed E-state index contributed by atoms with van der Waals surface area (Å²) < 4.78 is 95.5. The Bertz CT molecular complexity index is 1350. The number of ketones is 1. The van der Waals surface area contributed by atoms with Crippen LogP contribution in [-0.2, 0) is 36.3 Å². The zero-order chi connectivity index (χ0) is 28.1. The molecule has 1 N–H and O–H groups in total. The molecule has 2 aromatic carbocycles. The number of Topliss-reactive ketones (excluding diaryl/α,β-unsaturated/α-hetero) is 1. The standard InChI is InChI=1S/C27H28F5NO4S/c1-16(34)33-15-21(35)14-18-11-12-26(38(36,37)22-7-5-20(28)6-8-22)23(18)9-3-17-13-19(4-10-24(17)26)25(2,29)27(30,31)32/h4-8,10,13,18,23H,3,9,11-12,14-15H2,1-2H3,(H,33,34)/t18-,23-,25?,26-/m0/s1. The van der Waals surface area contributed by atoms with Gasteiger partial charge in [0, 0.05) is 13.3 Å². The normalized spacial score (nSPS) is 24.7. The van der Waals surface area contributed by atoms with Crippen LogP contribution in [-0.4, -0.2) is 32.8 Å². The Labute approximate surface area is 217 Å². The summed E-state index contributed by atoms with van der Waals surface area (Å²) >= 11 is 0. The van der Waals surface area contributed by atoms with Crippen LogP contribution in [0, 0.1) is 17.7 Å². The predicted molar refractivity (Wildman–Crippen MR) is 129 cm³/mol. The van der Waals surface area contributed by atoms with Crippen LogP contribution in [0.25, 0.3) is 0 Å². The molecular formula is C27H28F5NO4S. The Morgan fingerprint density at radius 2 is 1.71 bits per heavy atom. The molecule has 4 atom stereocenters. The molecule has 2 aromatic rings. The van der Waals surface area contributed by atoms with Gasteiger partial charge in [-0.2, -0.15) is 13.2 Å². The van der Waals surface area contributed by atoms with Crippen LogP contribution in [0.1, 0.15) is 56.2 Å². The van der Waals surface area contributed by atoms with E-state index in [4.69, 9.17) is 0 Å². The highest BCUT2D eigenvalue weighted by Gasteiger charge is 2.61. The van der Waals surface area contributed by atoms with Crippen molar-refractivity contribution in [2.75, 3.05) is 6.54 Å².